The Hall–Kier alpha value is -2.20. The fourth-order valence-corrected chi connectivity index (χ4v) is 4.71. The molecule has 0 bridgehead atoms. The standard InChI is InChI=1S/C22H24FN3/c23-19-8-2-1-7-18(19)16-10-13-25(14-11-16)15-21-24-20-9-3-5-17-6-4-12-26(21)22(17)20/h1-3,5,7-9,16H,4,6,10-15H2. The van der Waals surface area contributed by atoms with E-state index in [2.05, 4.69) is 27.7 Å². The van der Waals surface area contributed by atoms with Gasteiger partial charge in [-0.15, -0.1) is 0 Å². The van der Waals surface area contributed by atoms with E-state index in [1.54, 1.807) is 12.1 Å². The lowest BCUT2D eigenvalue weighted by atomic mass is 9.89. The van der Waals surface area contributed by atoms with Crippen LogP contribution < -0.4 is 0 Å². The molecule has 0 saturated carbocycles. The minimum atomic E-state index is -0.0533. The van der Waals surface area contributed by atoms with E-state index in [0.29, 0.717) is 5.92 Å². The predicted octanol–water partition coefficient (Wildman–Crippen LogP) is 4.50. The molecule has 0 aliphatic carbocycles. The third-order valence-corrected chi connectivity index (χ3v) is 6.05. The molecule has 2 aliphatic heterocycles. The Morgan fingerprint density at radius 2 is 1.85 bits per heavy atom. The SMILES string of the molecule is Fc1ccccc1C1CCN(Cc2nc3cccc4c3n2CCC4)CC1. The smallest absolute Gasteiger partial charge is 0.126 e. The number of imidazole rings is 1. The molecule has 26 heavy (non-hydrogen) atoms. The molecule has 0 amide bonds. The summed E-state index contributed by atoms with van der Waals surface area (Å²) in [5.41, 5.74) is 4.80. The van der Waals surface area contributed by atoms with E-state index < -0.39 is 0 Å². The van der Waals surface area contributed by atoms with E-state index in [9.17, 15) is 4.39 Å². The topological polar surface area (TPSA) is 21.1 Å². The molecule has 0 spiro atoms. The van der Waals surface area contributed by atoms with Crippen molar-refractivity contribution in [2.24, 2.45) is 0 Å². The summed E-state index contributed by atoms with van der Waals surface area (Å²) in [4.78, 5) is 7.41. The summed E-state index contributed by atoms with van der Waals surface area (Å²) in [5, 5.41) is 0. The van der Waals surface area contributed by atoms with Gasteiger partial charge in [0.2, 0.25) is 0 Å². The molecular weight excluding hydrogens is 325 g/mol. The number of benzene rings is 2. The van der Waals surface area contributed by atoms with Gasteiger partial charge in [0.15, 0.2) is 0 Å². The molecule has 1 fully saturated rings. The highest BCUT2D eigenvalue weighted by Gasteiger charge is 2.25. The first-order valence-electron chi connectivity index (χ1n) is 9.73. The normalized spacial score (nSPS) is 18.5. The van der Waals surface area contributed by atoms with Gasteiger partial charge < -0.3 is 4.57 Å². The molecule has 1 aromatic heterocycles. The summed E-state index contributed by atoms with van der Waals surface area (Å²) in [6.07, 6.45) is 4.40. The van der Waals surface area contributed by atoms with Crippen molar-refractivity contribution in [2.75, 3.05) is 13.1 Å². The van der Waals surface area contributed by atoms with Crippen LogP contribution in [0.15, 0.2) is 42.5 Å². The van der Waals surface area contributed by atoms with E-state index in [0.717, 1.165) is 56.5 Å². The Bertz CT molecular complexity index is 938. The Labute approximate surface area is 153 Å². The number of aryl methyl sites for hydroxylation is 2. The van der Waals surface area contributed by atoms with Crippen LogP contribution in [0.2, 0.25) is 0 Å². The number of nitrogens with zero attached hydrogens (tertiary/aromatic N) is 3. The monoisotopic (exact) mass is 349 g/mol. The van der Waals surface area contributed by atoms with E-state index in [1.165, 1.54) is 23.3 Å². The van der Waals surface area contributed by atoms with Gasteiger partial charge in [-0.05, 0) is 68.0 Å². The van der Waals surface area contributed by atoms with Crippen LogP contribution in [0, 0.1) is 5.82 Å². The van der Waals surface area contributed by atoms with Gasteiger partial charge >= 0.3 is 0 Å². The van der Waals surface area contributed by atoms with Crippen LogP contribution in [0.4, 0.5) is 4.39 Å². The first-order valence-corrected chi connectivity index (χ1v) is 9.73. The lowest BCUT2D eigenvalue weighted by molar-refractivity contribution is 0.196. The molecule has 2 aliphatic rings. The van der Waals surface area contributed by atoms with Crippen LogP contribution in [0.1, 0.15) is 42.1 Å². The lowest BCUT2D eigenvalue weighted by Crippen LogP contribution is -2.33. The number of rotatable bonds is 3. The quantitative estimate of drug-likeness (QED) is 0.694. The number of likely N-dealkylation sites (tertiary alicyclic amines) is 1. The Morgan fingerprint density at radius 3 is 2.69 bits per heavy atom. The van der Waals surface area contributed by atoms with Crippen molar-refractivity contribution >= 4 is 11.0 Å². The molecule has 5 rings (SSSR count). The number of hydrogen-bond acceptors (Lipinski definition) is 2. The van der Waals surface area contributed by atoms with Gasteiger partial charge in [-0.1, -0.05) is 30.3 Å². The van der Waals surface area contributed by atoms with Crippen LogP contribution in [0.25, 0.3) is 11.0 Å². The van der Waals surface area contributed by atoms with E-state index in [-0.39, 0.29) is 5.82 Å². The molecular formula is C22H24FN3. The second-order valence-electron chi connectivity index (χ2n) is 7.64. The fourth-order valence-electron chi connectivity index (χ4n) is 4.71. The highest BCUT2D eigenvalue weighted by molar-refractivity contribution is 5.80. The van der Waals surface area contributed by atoms with E-state index in [1.807, 2.05) is 12.1 Å². The van der Waals surface area contributed by atoms with Gasteiger partial charge in [-0.2, -0.15) is 0 Å². The summed E-state index contributed by atoms with van der Waals surface area (Å²) >= 11 is 0. The molecule has 0 radical (unpaired) electrons. The number of aromatic nitrogens is 2. The summed E-state index contributed by atoms with van der Waals surface area (Å²) in [6.45, 7) is 4.00. The molecule has 3 nitrogen and oxygen atoms in total. The minimum Gasteiger partial charge on any atom is -0.327 e. The van der Waals surface area contributed by atoms with E-state index >= 15 is 0 Å². The summed E-state index contributed by atoms with van der Waals surface area (Å²) in [6, 6.07) is 13.8. The molecule has 0 N–H and O–H groups in total. The summed E-state index contributed by atoms with van der Waals surface area (Å²) < 4.78 is 16.5. The van der Waals surface area contributed by atoms with Crippen LogP contribution >= 0.6 is 0 Å². The zero-order valence-corrected chi connectivity index (χ0v) is 15.0. The van der Waals surface area contributed by atoms with Crippen molar-refractivity contribution in [1.82, 2.24) is 14.5 Å². The Morgan fingerprint density at radius 1 is 1.00 bits per heavy atom. The third-order valence-electron chi connectivity index (χ3n) is 6.05. The molecule has 3 heterocycles. The maximum Gasteiger partial charge on any atom is 0.126 e. The Kier molecular flexibility index (Phi) is 4.01. The van der Waals surface area contributed by atoms with Crippen LogP contribution in [-0.4, -0.2) is 27.5 Å². The van der Waals surface area contributed by atoms with Gasteiger partial charge in [-0.25, -0.2) is 9.37 Å². The van der Waals surface area contributed by atoms with Crippen molar-refractivity contribution < 1.29 is 4.39 Å². The van der Waals surface area contributed by atoms with Crippen molar-refractivity contribution in [3.05, 3.63) is 65.2 Å². The number of halogens is 1. The summed E-state index contributed by atoms with van der Waals surface area (Å²) in [5.74, 6) is 1.48. The van der Waals surface area contributed by atoms with E-state index in [4.69, 9.17) is 4.98 Å². The maximum absolute atomic E-state index is 14.1. The largest absolute Gasteiger partial charge is 0.327 e. The first kappa shape index (κ1) is 16.0. The number of hydrogen-bond donors (Lipinski definition) is 0. The second-order valence-corrected chi connectivity index (χ2v) is 7.64. The number of para-hydroxylation sites is 1. The molecule has 0 unspecified atom stereocenters. The molecule has 4 heteroatoms. The highest BCUT2D eigenvalue weighted by Crippen LogP contribution is 2.31. The van der Waals surface area contributed by atoms with Gasteiger partial charge in [-0.3, -0.25) is 4.90 Å². The molecule has 3 aromatic rings. The van der Waals surface area contributed by atoms with Gasteiger partial charge in [0.05, 0.1) is 17.6 Å². The molecule has 1 saturated heterocycles. The van der Waals surface area contributed by atoms with Crippen molar-refractivity contribution in [2.45, 2.75) is 44.7 Å². The third kappa shape index (κ3) is 2.73. The van der Waals surface area contributed by atoms with Crippen molar-refractivity contribution in [3.8, 4) is 0 Å². The minimum absolute atomic E-state index is 0.0533. The van der Waals surface area contributed by atoms with Gasteiger partial charge in [0.1, 0.15) is 11.6 Å². The summed E-state index contributed by atoms with van der Waals surface area (Å²) in [7, 11) is 0. The molecule has 134 valence electrons. The second kappa shape index (κ2) is 6.51. The zero-order chi connectivity index (χ0) is 17.5. The Balaban J connectivity index is 1.32. The van der Waals surface area contributed by atoms with Gasteiger partial charge in [0, 0.05) is 6.54 Å². The van der Waals surface area contributed by atoms with Crippen LogP contribution in [0.3, 0.4) is 0 Å². The average Bonchev–Trinajstić information content (AvgIpc) is 3.03. The zero-order valence-electron chi connectivity index (χ0n) is 15.0. The number of piperidine rings is 1. The first-order chi connectivity index (χ1) is 12.8. The maximum atomic E-state index is 14.1. The predicted molar refractivity (Wildman–Crippen MR) is 102 cm³/mol. The fraction of sp³-hybridized carbons (Fsp3) is 0.409. The van der Waals surface area contributed by atoms with Crippen molar-refractivity contribution in [3.63, 3.8) is 0 Å². The average molecular weight is 349 g/mol. The van der Waals surface area contributed by atoms with Crippen LogP contribution in [0.5, 0.6) is 0 Å². The lowest BCUT2D eigenvalue weighted by Gasteiger charge is -2.32. The van der Waals surface area contributed by atoms with Crippen LogP contribution in [-0.2, 0) is 19.5 Å². The molecule has 2 aromatic carbocycles. The highest BCUT2D eigenvalue weighted by atomic mass is 19.1. The van der Waals surface area contributed by atoms with Gasteiger partial charge in [0.25, 0.3) is 0 Å². The molecule has 0 atom stereocenters. The van der Waals surface area contributed by atoms with Crippen molar-refractivity contribution in [1.29, 1.82) is 0 Å².